The number of carbonyl (C=O) groups excluding carboxylic acids is 1. The number of rotatable bonds is 3. The lowest BCUT2D eigenvalue weighted by molar-refractivity contribution is 0.0937. The minimum absolute atomic E-state index is 0.0219. The van der Waals surface area contributed by atoms with Crippen molar-refractivity contribution in [2.24, 2.45) is 0 Å². The molecule has 3 heterocycles. The van der Waals surface area contributed by atoms with Crippen LogP contribution in [0.15, 0.2) is 47.0 Å². The highest BCUT2D eigenvalue weighted by atomic mass is 32.1. The van der Waals surface area contributed by atoms with Crippen molar-refractivity contribution in [3.8, 4) is 0 Å². The third kappa shape index (κ3) is 2.55. The molecule has 0 radical (unpaired) electrons. The molecule has 3 rings (SSSR count). The maximum atomic E-state index is 12.2. The molecule has 3 aromatic heterocycles. The van der Waals surface area contributed by atoms with Gasteiger partial charge in [-0.15, -0.1) is 11.3 Å². The number of pyridine rings is 1. The van der Waals surface area contributed by atoms with Crippen molar-refractivity contribution < 1.29 is 4.79 Å². The van der Waals surface area contributed by atoms with Gasteiger partial charge >= 0.3 is 0 Å². The quantitative estimate of drug-likeness (QED) is 0.798. The minimum atomic E-state index is -0.453. The van der Waals surface area contributed by atoms with E-state index in [4.69, 9.17) is 0 Å². The van der Waals surface area contributed by atoms with Crippen LogP contribution in [0, 0.1) is 0 Å². The van der Waals surface area contributed by atoms with Gasteiger partial charge in [0, 0.05) is 24.0 Å². The van der Waals surface area contributed by atoms with E-state index >= 15 is 0 Å². The maximum Gasteiger partial charge on any atom is 0.271 e. The number of thiazole rings is 1. The van der Waals surface area contributed by atoms with E-state index in [1.165, 1.54) is 21.9 Å². The average molecular weight is 300 g/mol. The van der Waals surface area contributed by atoms with Gasteiger partial charge in [-0.3, -0.25) is 19.0 Å². The van der Waals surface area contributed by atoms with Crippen LogP contribution in [0.4, 0.5) is 0 Å². The first-order valence-electron chi connectivity index (χ1n) is 6.33. The highest BCUT2D eigenvalue weighted by Crippen LogP contribution is 2.09. The van der Waals surface area contributed by atoms with Crippen LogP contribution in [0.5, 0.6) is 0 Å². The Morgan fingerprint density at radius 1 is 1.38 bits per heavy atom. The molecule has 21 heavy (non-hydrogen) atoms. The fourth-order valence-electron chi connectivity index (χ4n) is 1.96. The van der Waals surface area contributed by atoms with Crippen LogP contribution in [-0.4, -0.2) is 20.3 Å². The summed E-state index contributed by atoms with van der Waals surface area (Å²) < 4.78 is 1.37. The summed E-state index contributed by atoms with van der Waals surface area (Å²) in [6, 6.07) is 5.18. The van der Waals surface area contributed by atoms with Crippen molar-refractivity contribution >= 4 is 22.2 Å². The van der Waals surface area contributed by atoms with Crippen LogP contribution in [0.1, 0.15) is 29.0 Å². The molecule has 1 atom stereocenters. The van der Waals surface area contributed by atoms with E-state index in [0.717, 1.165) is 5.69 Å². The molecule has 0 saturated carbocycles. The first-order valence-corrected chi connectivity index (χ1v) is 7.21. The molecule has 3 aromatic rings. The number of hydrogen-bond acceptors (Lipinski definition) is 5. The maximum absolute atomic E-state index is 12.2. The van der Waals surface area contributed by atoms with E-state index in [1.54, 1.807) is 23.8 Å². The molecule has 0 spiro atoms. The van der Waals surface area contributed by atoms with Gasteiger partial charge in [0.2, 0.25) is 0 Å². The predicted octanol–water partition coefficient (Wildman–Crippen LogP) is 1.64. The first-order chi connectivity index (χ1) is 10.2. The van der Waals surface area contributed by atoms with E-state index in [9.17, 15) is 9.59 Å². The summed E-state index contributed by atoms with van der Waals surface area (Å²) in [5, 5.41) is 4.51. The molecule has 0 aliphatic heterocycles. The smallest absolute Gasteiger partial charge is 0.271 e. The molecular formula is C14H12N4O2S. The standard InChI is InChI=1S/C14H12N4O2S/c1-9(11-4-2-3-5-15-11)17-12(19)10-8-16-14-18(13(10)20)6-7-21-14/h2-9H,1H3,(H,17,19)/t9-/m1/s1. The van der Waals surface area contributed by atoms with Crippen LogP contribution in [0.25, 0.3) is 4.96 Å². The zero-order valence-corrected chi connectivity index (χ0v) is 12.0. The molecule has 1 N–H and O–H groups in total. The molecule has 0 fully saturated rings. The molecule has 6 nitrogen and oxygen atoms in total. The molecule has 0 aliphatic rings. The zero-order valence-electron chi connectivity index (χ0n) is 11.2. The summed E-state index contributed by atoms with van der Waals surface area (Å²) in [6.07, 6.45) is 4.58. The Morgan fingerprint density at radius 2 is 2.24 bits per heavy atom. The van der Waals surface area contributed by atoms with Crippen LogP contribution >= 0.6 is 11.3 Å². The molecule has 0 unspecified atom stereocenters. The Hall–Kier alpha value is -2.54. The molecule has 0 aromatic carbocycles. The monoisotopic (exact) mass is 300 g/mol. The second-order valence-electron chi connectivity index (χ2n) is 4.48. The summed E-state index contributed by atoms with van der Waals surface area (Å²) in [4.78, 5) is 33.3. The molecule has 0 bridgehead atoms. The van der Waals surface area contributed by atoms with E-state index in [-0.39, 0.29) is 17.2 Å². The Bertz CT molecular complexity index is 841. The Balaban J connectivity index is 1.87. The lowest BCUT2D eigenvalue weighted by Crippen LogP contribution is -2.33. The minimum Gasteiger partial charge on any atom is -0.344 e. The molecular weight excluding hydrogens is 288 g/mol. The number of nitrogens with one attached hydrogen (secondary N) is 1. The first kappa shape index (κ1) is 13.4. The molecule has 0 aliphatic carbocycles. The Morgan fingerprint density at radius 3 is 3.00 bits per heavy atom. The van der Waals surface area contributed by atoms with Crippen molar-refractivity contribution in [1.29, 1.82) is 0 Å². The van der Waals surface area contributed by atoms with E-state index in [0.29, 0.717) is 4.96 Å². The van der Waals surface area contributed by atoms with Gasteiger partial charge in [-0.05, 0) is 19.1 Å². The zero-order chi connectivity index (χ0) is 14.8. The van der Waals surface area contributed by atoms with Crippen LogP contribution in [-0.2, 0) is 0 Å². The fourth-order valence-corrected chi connectivity index (χ4v) is 2.64. The normalized spacial score (nSPS) is 12.2. The van der Waals surface area contributed by atoms with Gasteiger partial charge in [-0.25, -0.2) is 4.98 Å². The number of hydrogen-bond donors (Lipinski definition) is 1. The topological polar surface area (TPSA) is 76.4 Å². The largest absolute Gasteiger partial charge is 0.344 e. The summed E-state index contributed by atoms with van der Waals surface area (Å²) in [6.45, 7) is 1.81. The lowest BCUT2D eigenvalue weighted by atomic mass is 10.2. The summed E-state index contributed by atoms with van der Waals surface area (Å²) >= 11 is 1.34. The number of carbonyl (C=O) groups is 1. The van der Waals surface area contributed by atoms with Crippen LogP contribution in [0.2, 0.25) is 0 Å². The lowest BCUT2D eigenvalue weighted by Gasteiger charge is -2.12. The van der Waals surface area contributed by atoms with Crippen molar-refractivity contribution in [2.75, 3.05) is 0 Å². The van der Waals surface area contributed by atoms with Crippen molar-refractivity contribution in [3.63, 3.8) is 0 Å². The van der Waals surface area contributed by atoms with Gasteiger partial charge in [-0.2, -0.15) is 0 Å². The van der Waals surface area contributed by atoms with E-state index in [1.807, 2.05) is 19.1 Å². The molecule has 1 amide bonds. The average Bonchev–Trinajstić information content (AvgIpc) is 2.98. The third-order valence-electron chi connectivity index (χ3n) is 3.07. The summed E-state index contributed by atoms with van der Waals surface area (Å²) in [7, 11) is 0. The summed E-state index contributed by atoms with van der Waals surface area (Å²) in [5.74, 6) is -0.453. The van der Waals surface area contributed by atoms with Gasteiger partial charge < -0.3 is 5.32 Å². The SMILES string of the molecule is C[C@@H](NC(=O)c1cnc2sccn2c1=O)c1ccccn1. The second kappa shape index (κ2) is 5.45. The van der Waals surface area contributed by atoms with E-state index < -0.39 is 5.91 Å². The second-order valence-corrected chi connectivity index (χ2v) is 5.36. The Labute approximate surface area is 124 Å². The van der Waals surface area contributed by atoms with Crippen molar-refractivity contribution in [2.45, 2.75) is 13.0 Å². The number of fused-ring (bicyclic) bond motifs is 1. The van der Waals surface area contributed by atoms with Gasteiger partial charge in [0.15, 0.2) is 4.96 Å². The highest BCUT2D eigenvalue weighted by Gasteiger charge is 2.17. The Kier molecular flexibility index (Phi) is 3.49. The van der Waals surface area contributed by atoms with E-state index in [2.05, 4.69) is 15.3 Å². The molecule has 7 heteroatoms. The fraction of sp³-hybridized carbons (Fsp3) is 0.143. The predicted molar refractivity (Wildman–Crippen MR) is 79.5 cm³/mol. The molecule has 106 valence electrons. The number of aromatic nitrogens is 3. The summed E-state index contributed by atoms with van der Waals surface area (Å²) in [5.41, 5.74) is 0.385. The van der Waals surface area contributed by atoms with Gasteiger partial charge in [0.25, 0.3) is 11.5 Å². The van der Waals surface area contributed by atoms with Crippen molar-refractivity contribution in [1.82, 2.24) is 19.7 Å². The van der Waals surface area contributed by atoms with Gasteiger partial charge in [-0.1, -0.05) is 6.07 Å². The van der Waals surface area contributed by atoms with Gasteiger partial charge in [0.05, 0.1) is 11.7 Å². The number of amides is 1. The van der Waals surface area contributed by atoms with Crippen molar-refractivity contribution in [3.05, 3.63) is 63.8 Å². The van der Waals surface area contributed by atoms with Crippen LogP contribution < -0.4 is 10.9 Å². The van der Waals surface area contributed by atoms with Gasteiger partial charge in [0.1, 0.15) is 5.56 Å². The van der Waals surface area contributed by atoms with Crippen LogP contribution in [0.3, 0.4) is 0 Å². The highest BCUT2D eigenvalue weighted by molar-refractivity contribution is 7.15. The third-order valence-corrected chi connectivity index (χ3v) is 3.84. The molecule has 0 saturated heterocycles. The number of nitrogens with zero attached hydrogens (tertiary/aromatic N) is 3.